The number of rotatable bonds is 3. The third-order valence-electron chi connectivity index (χ3n) is 5.27. The summed E-state index contributed by atoms with van der Waals surface area (Å²) >= 11 is 0. The van der Waals surface area contributed by atoms with Gasteiger partial charge < -0.3 is 19.5 Å². The molecular weight excluding hydrogens is 318 g/mol. The van der Waals surface area contributed by atoms with Gasteiger partial charge in [-0.05, 0) is 24.6 Å². The van der Waals surface area contributed by atoms with Gasteiger partial charge in [0.1, 0.15) is 17.1 Å². The van der Waals surface area contributed by atoms with Crippen molar-refractivity contribution in [1.29, 1.82) is 0 Å². The molecule has 25 heavy (non-hydrogen) atoms. The number of hydrogen-bond acceptors (Lipinski definition) is 6. The molecule has 6 nitrogen and oxygen atoms in total. The van der Waals surface area contributed by atoms with E-state index in [1.54, 1.807) is 7.11 Å². The number of aromatic nitrogens is 1. The van der Waals surface area contributed by atoms with E-state index in [1.807, 2.05) is 24.3 Å². The van der Waals surface area contributed by atoms with E-state index in [0.29, 0.717) is 6.54 Å². The Morgan fingerprint density at radius 2 is 2.00 bits per heavy atom. The number of para-hydroxylation sites is 1. The molecule has 0 aliphatic carbocycles. The molecule has 2 atom stereocenters. The summed E-state index contributed by atoms with van der Waals surface area (Å²) in [5.74, 6) is 1.68. The number of methoxy groups -OCH3 is 1. The second-order valence-corrected chi connectivity index (χ2v) is 6.72. The van der Waals surface area contributed by atoms with Crippen LogP contribution < -0.4 is 9.64 Å². The van der Waals surface area contributed by atoms with Gasteiger partial charge in [0.25, 0.3) is 0 Å². The van der Waals surface area contributed by atoms with E-state index < -0.39 is 0 Å². The van der Waals surface area contributed by atoms with Crippen molar-refractivity contribution in [3.05, 3.63) is 30.3 Å². The Morgan fingerprint density at radius 3 is 2.76 bits per heavy atom. The third-order valence-corrected chi connectivity index (χ3v) is 5.27. The summed E-state index contributed by atoms with van der Waals surface area (Å²) in [6.45, 7) is 4.85. The number of morpholine rings is 1. The first kappa shape index (κ1) is 16.6. The summed E-state index contributed by atoms with van der Waals surface area (Å²) < 4.78 is 10.9. The highest BCUT2D eigenvalue weighted by atomic mass is 16.5. The van der Waals surface area contributed by atoms with Crippen molar-refractivity contribution in [2.75, 3.05) is 51.4 Å². The highest BCUT2D eigenvalue weighted by Gasteiger charge is 2.33. The SMILES string of the molecule is COc1cccc2ccc(N3CC[C@@H](N4CCOCC4)[C@H](O)C3)nc12. The fraction of sp³-hybridized carbons (Fsp3) is 0.526. The van der Waals surface area contributed by atoms with Crippen LogP contribution in [-0.4, -0.2) is 73.6 Å². The van der Waals surface area contributed by atoms with Crippen LogP contribution in [0.4, 0.5) is 5.82 Å². The molecular formula is C19H25N3O3. The van der Waals surface area contributed by atoms with Gasteiger partial charge in [0, 0.05) is 37.6 Å². The van der Waals surface area contributed by atoms with Crippen molar-refractivity contribution in [3.8, 4) is 5.75 Å². The van der Waals surface area contributed by atoms with Crippen molar-refractivity contribution in [2.45, 2.75) is 18.6 Å². The molecule has 1 aromatic carbocycles. The molecule has 3 heterocycles. The average molecular weight is 343 g/mol. The first-order valence-electron chi connectivity index (χ1n) is 8.95. The second kappa shape index (κ2) is 7.15. The number of β-amino-alcohol motifs (C(OH)–C–C–N with tert-alkyl or cyclic N) is 1. The quantitative estimate of drug-likeness (QED) is 0.912. The van der Waals surface area contributed by atoms with Gasteiger partial charge in [0.2, 0.25) is 0 Å². The lowest BCUT2D eigenvalue weighted by molar-refractivity contribution is -0.0274. The molecule has 0 unspecified atom stereocenters. The number of ether oxygens (including phenoxy) is 2. The number of aliphatic hydroxyl groups excluding tert-OH is 1. The van der Waals surface area contributed by atoms with Crippen molar-refractivity contribution in [3.63, 3.8) is 0 Å². The van der Waals surface area contributed by atoms with E-state index in [4.69, 9.17) is 14.5 Å². The van der Waals surface area contributed by atoms with Gasteiger partial charge >= 0.3 is 0 Å². The lowest BCUT2D eigenvalue weighted by Crippen LogP contribution is -2.56. The molecule has 1 aromatic heterocycles. The van der Waals surface area contributed by atoms with Crippen molar-refractivity contribution in [2.24, 2.45) is 0 Å². The van der Waals surface area contributed by atoms with Gasteiger partial charge in [0.05, 0.1) is 26.4 Å². The Bertz CT molecular complexity index is 733. The highest BCUT2D eigenvalue weighted by molar-refractivity contribution is 5.86. The predicted octanol–water partition coefficient (Wildman–Crippen LogP) is 1.52. The summed E-state index contributed by atoms with van der Waals surface area (Å²) in [4.78, 5) is 9.34. The average Bonchev–Trinajstić information content (AvgIpc) is 2.67. The van der Waals surface area contributed by atoms with Crippen LogP contribution in [0.15, 0.2) is 30.3 Å². The summed E-state index contributed by atoms with van der Waals surface area (Å²) in [5.41, 5.74) is 0.868. The fourth-order valence-electron chi connectivity index (χ4n) is 3.91. The molecule has 0 radical (unpaired) electrons. The van der Waals surface area contributed by atoms with Gasteiger partial charge in [-0.25, -0.2) is 4.98 Å². The lowest BCUT2D eigenvalue weighted by Gasteiger charge is -2.43. The summed E-state index contributed by atoms with van der Waals surface area (Å²) in [5, 5.41) is 11.8. The van der Waals surface area contributed by atoms with Crippen molar-refractivity contribution < 1.29 is 14.6 Å². The van der Waals surface area contributed by atoms with Crippen LogP contribution >= 0.6 is 0 Å². The van der Waals surface area contributed by atoms with Crippen LogP contribution in [0.5, 0.6) is 5.75 Å². The molecule has 4 rings (SSSR count). The molecule has 134 valence electrons. The summed E-state index contributed by atoms with van der Waals surface area (Å²) in [6, 6.07) is 10.3. The van der Waals surface area contributed by atoms with Crippen LogP contribution in [0.1, 0.15) is 6.42 Å². The first-order valence-corrected chi connectivity index (χ1v) is 8.95. The van der Waals surface area contributed by atoms with Gasteiger partial charge in [-0.2, -0.15) is 0 Å². The van der Waals surface area contributed by atoms with E-state index in [9.17, 15) is 5.11 Å². The van der Waals surface area contributed by atoms with Gasteiger partial charge in [-0.15, -0.1) is 0 Å². The summed E-state index contributed by atoms with van der Waals surface area (Å²) in [7, 11) is 1.67. The Kier molecular flexibility index (Phi) is 4.74. The van der Waals surface area contributed by atoms with E-state index in [0.717, 1.165) is 61.7 Å². The fourth-order valence-corrected chi connectivity index (χ4v) is 3.91. The Morgan fingerprint density at radius 1 is 1.16 bits per heavy atom. The third kappa shape index (κ3) is 3.29. The molecule has 2 aromatic rings. The van der Waals surface area contributed by atoms with E-state index in [1.165, 1.54) is 0 Å². The van der Waals surface area contributed by atoms with Crippen molar-refractivity contribution >= 4 is 16.7 Å². The van der Waals surface area contributed by atoms with E-state index >= 15 is 0 Å². The molecule has 1 N–H and O–H groups in total. The number of fused-ring (bicyclic) bond motifs is 1. The second-order valence-electron chi connectivity index (χ2n) is 6.72. The number of hydrogen-bond donors (Lipinski definition) is 1. The van der Waals surface area contributed by atoms with Crippen LogP contribution in [0.25, 0.3) is 10.9 Å². The molecule has 0 spiro atoms. The molecule has 0 bridgehead atoms. The standard InChI is InChI=1S/C19H25N3O3/c1-24-17-4-2-3-14-5-6-18(20-19(14)17)22-8-7-15(16(23)13-22)21-9-11-25-12-10-21/h2-6,15-16,23H,7-13H2,1H3/t15-,16-/m1/s1. The van der Waals surface area contributed by atoms with Crippen LogP contribution in [-0.2, 0) is 4.74 Å². The maximum Gasteiger partial charge on any atom is 0.145 e. The zero-order valence-electron chi connectivity index (χ0n) is 14.6. The Hall–Kier alpha value is -1.89. The number of benzene rings is 1. The summed E-state index contributed by atoms with van der Waals surface area (Å²) in [6.07, 6.45) is 0.564. The lowest BCUT2D eigenvalue weighted by atomic mass is 9.99. The van der Waals surface area contributed by atoms with Gasteiger partial charge in [-0.3, -0.25) is 4.90 Å². The van der Waals surface area contributed by atoms with Gasteiger partial charge in [-0.1, -0.05) is 12.1 Å². The predicted molar refractivity (Wildman–Crippen MR) is 97.3 cm³/mol. The first-order chi connectivity index (χ1) is 12.3. The molecule has 2 saturated heterocycles. The molecule has 6 heteroatoms. The van der Waals surface area contributed by atoms with Crippen molar-refractivity contribution in [1.82, 2.24) is 9.88 Å². The Balaban J connectivity index is 1.52. The minimum absolute atomic E-state index is 0.218. The van der Waals surface area contributed by atoms with Crippen LogP contribution in [0.2, 0.25) is 0 Å². The normalized spacial score (nSPS) is 25.3. The maximum atomic E-state index is 10.7. The number of anilines is 1. The monoisotopic (exact) mass is 343 g/mol. The topological polar surface area (TPSA) is 58.1 Å². The molecule has 2 aliphatic heterocycles. The molecule has 0 amide bonds. The Labute approximate surface area is 148 Å². The maximum absolute atomic E-state index is 10.7. The number of nitrogens with zero attached hydrogens (tertiary/aromatic N) is 3. The highest BCUT2D eigenvalue weighted by Crippen LogP contribution is 2.28. The smallest absolute Gasteiger partial charge is 0.145 e. The van der Waals surface area contributed by atoms with Crippen LogP contribution in [0.3, 0.4) is 0 Å². The largest absolute Gasteiger partial charge is 0.494 e. The zero-order valence-corrected chi connectivity index (χ0v) is 14.6. The molecule has 2 aliphatic rings. The number of piperidine rings is 1. The van der Waals surface area contributed by atoms with Crippen LogP contribution in [0, 0.1) is 0 Å². The number of pyridine rings is 1. The van der Waals surface area contributed by atoms with E-state index in [-0.39, 0.29) is 12.1 Å². The zero-order chi connectivity index (χ0) is 17.2. The minimum Gasteiger partial charge on any atom is -0.494 e. The molecule has 2 fully saturated rings. The number of aliphatic hydroxyl groups is 1. The molecule has 0 saturated carbocycles. The van der Waals surface area contributed by atoms with Gasteiger partial charge in [0.15, 0.2) is 0 Å². The van der Waals surface area contributed by atoms with E-state index in [2.05, 4.69) is 15.9 Å². The minimum atomic E-state index is -0.373.